The SMILES string of the molecule is C=CCC(C(=O)OC)N1CCCOP1(=O)c1ccc(OC)cc1. The van der Waals surface area contributed by atoms with E-state index in [0.717, 1.165) is 0 Å². The smallest absolute Gasteiger partial charge is 0.323 e. The van der Waals surface area contributed by atoms with Crippen molar-refractivity contribution < 1.29 is 23.4 Å². The van der Waals surface area contributed by atoms with E-state index in [-0.39, 0.29) is 0 Å². The third-order valence-electron chi connectivity index (χ3n) is 3.76. The highest BCUT2D eigenvalue weighted by molar-refractivity contribution is 7.64. The van der Waals surface area contributed by atoms with E-state index in [1.54, 1.807) is 42.1 Å². The van der Waals surface area contributed by atoms with Crippen LogP contribution in [0, 0.1) is 0 Å². The zero-order valence-electron chi connectivity index (χ0n) is 13.4. The Morgan fingerprint density at radius 3 is 2.70 bits per heavy atom. The molecule has 1 fully saturated rings. The largest absolute Gasteiger partial charge is 0.497 e. The molecule has 6 nitrogen and oxygen atoms in total. The van der Waals surface area contributed by atoms with Crippen molar-refractivity contribution in [3.05, 3.63) is 36.9 Å². The Hall–Kier alpha value is -1.62. The second kappa shape index (κ2) is 7.77. The van der Waals surface area contributed by atoms with E-state index in [9.17, 15) is 9.36 Å². The van der Waals surface area contributed by atoms with E-state index in [4.69, 9.17) is 14.0 Å². The number of hydrogen-bond donors (Lipinski definition) is 0. The zero-order chi connectivity index (χ0) is 16.9. The molecule has 1 aliphatic rings. The Bertz CT molecular complexity index is 601. The van der Waals surface area contributed by atoms with Crippen LogP contribution in [0.3, 0.4) is 0 Å². The molecule has 0 spiro atoms. The first-order chi connectivity index (χ1) is 11.1. The van der Waals surface area contributed by atoms with Crippen LogP contribution in [-0.4, -0.2) is 44.1 Å². The molecule has 0 N–H and O–H groups in total. The number of hydrogen-bond acceptors (Lipinski definition) is 5. The minimum absolute atomic E-state index is 0.343. The van der Waals surface area contributed by atoms with Crippen molar-refractivity contribution in [3.63, 3.8) is 0 Å². The summed E-state index contributed by atoms with van der Waals surface area (Å²) in [6.45, 7) is 4.56. The summed E-state index contributed by atoms with van der Waals surface area (Å²) in [4.78, 5) is 12.1. The summed E-state index contributed by atoms with van der Waals surface area (Å²) in [6.07, 6.45) is 2.66. The van der Waals surface area contributed by atoms with Crippen LogP contribution in [0.4, 0.5) is 0 Å². The van der Waals surface area contributed by atoms with Gasteiger partial charge in [0.25, 0.3) is 0 Å². The lowest BCUT2D eigenvalue weighted by Crippen LogP contribution is -2.45. The monoisotopic (exact) mass is 339 g/mol. The average Bonchev–Trinajstić information content (AvgIpc) is 2.60. The van der Waals surface area contributed by atoms with Crippen LogP contribution < -0.4 is 10.0 Å². The highest BCUT2D eigenvalue weighted by Crippen LogP contribution is 2.53. The van der Waals surface area contributed by atoms with Crippen molar-refractivity contribution in [2.45, 2.75) is 18.9 Å². The fourth-order valence-electron chi connectivity index (χ4n) is 2.59. The molecule has 2 atom stereocenters. The van der Waals surface area contributed by atoms with Gasteiger partial charge in [-0.15, -0.1) is 6.58 Å². The van der Waals surface area contributed by atoms with Crippen LogP contribution in [0.15, 0.2) is 36.9 Å². The predicted molar refractivity (Wildman–Crippen MR) is 88.1 cm³/mol. The topological polar surface area (TPSA) is 65.1 Å². The number of carbonyl (C=O) groups excluding carboxylic acids is 1. The van der Waals surface area contributed by atoms with Gasteiger partial charge in [-0.3, -0.25) is 9.36 Å². The number of methoxy groups -OCH3 is 2. The Kier molecular flexibility index (Phi) is 5.99. The molecular formula is C16H22NO5P. The molecule has 0 aliphatic carbocycles. The third kappa shape index (κ3) is 3.66. The number of esters is 1. The van der Waals surface area contributed by atoms with Crippen LogP contribution >= 0.6 is 7.52 Å². The van der Waals surface area contributed by atoms with E-state index in [0.29, 0.717) is 37.0 Å². The van der Waals surface area contributed by atoms with E-state index in [1.165, 1.54) is 7.11 Å². The number of carbonyl (C=O) groups is 1. The Balaban J connectivity index is 2.40. The maximum absolute atomic E-state index is 13.5. The highest BCUT2D eigenvalue weighted by Gasteiger charge is 2.43. The zero-order valence-corrected chi connectivity index (χ0v) is 14.3. The molecule has 1 saturated heterocycles. The molecule has 1 aromatic carbocycles. The van der Waals surface area contributed by atoms with Gasteiger partial charge in [-0.25, -0.2) is 4.67 Å². The molecule has 0 radical (unpaired) electrons. The van der Waals surface area contributed by atoms with Gasteiger partial charge >= 0.3 is 13.5 Å². The quantitative estimate of drug-likeness (QED) is 0.450. The van der Waals surface area contributed by atoms with E-state index >= 15 is 0 Å². The molecule has 2 rings (SSSR count). The molecule has 0 aromatic heterocycles. The summed E-state index contributed by atoms with van der Waals surface area (Å²) in [7, 11) is -0.442. The Labute approximate surface area is 136 Å². The van der Waals surface area contributed by atoms with Crippen LogP contribution in [0.5, 0.6) is 5.75 Å². The van der Waals surface area contributed by atoms with Gasteiger partial charge in [0, 0.05) is 6.54 Å². The molecule has 1 aromatic rings. The van der Waals surface area contributed by atoms with Gasteiger partial charge in [-0.2, -0.15) is 0 Å². The van der Waals surface area contributed by atoms with Gasteiger partial charge in [0.2, 0.25) is 0 Å². The molecule has 1 aliphatic heterocycles. The Morgan fingerprint density at radius 2 is 2.13 bits per heavy atom. The fraction of sp³-hybridized carbons (Fsp3) is 0.438. The second-order valence-electron chi connectivity index (χ2n) is 5.13. The molecule has 23 heavy (non-hydrogen) atoms. The standard InChI is InChI=1S/C16H22NO5P/c1-4-6-15(16(18)21-3)17-11-5-12-22-23(17,19)14-9-7-13(20-2)8-10-14/h4,7-10,15H,1,5-6,11-12H2,2-3H3. The molecule has 7 heteroatoms. The van der Waals surface area contributed by atoms with Gasteiger partial charge in [0.15, 0.2) is 0 Å². The normalized spacial score (nSPS) is 23.0. The maximum Gasteiger partial charge on any atom is 0.323 e. The molecule has 1 heterocycles. The summed E-state index contributed by atoms with van der Waals surface area (Å²) in [5.74, 6) is 0.226. The van der Waals surface area contributed by atoms with Gasteiger partial charge in [-0.05, 0) is 37.1 Å². The second-order valence-corrected chi connectivity index (χ2v) is 7.46. The van der Waals surface area contributed by atoms with Crippen molar-refractivity contribution >= 4 is 18.8 Å². The minimum atomic E-state index is -3.33. The van der Waals surface area contributed by atoms with Crippen molar-refractivity contribution in [1.29, 1.82) is 0 Å². The number of benzene rings is 1. The van der Waals surface area contributed by atoms with Crippen molar-refractivity contribution in [2.24, 2.45) is 0 Å². The van der Waals surface area contributed by atoms with Crippen LogP contribution in [0.2, 0.25) is 0 Å². The summed E-state index contributed by atoms with van der Waals surface area (Å²) in [5, 5.41) is 0.538. The number of ether oxygens (including phenoxy) is 2. The highest BCUT2D eigenvalue weighted by atomic mass is 31.2. The van der Waals surface area contributed by atoms with Crippen molar-refractivity contribution in [3.8, 4) is 5.75 Å². The van der Waals surface area contributed by atoms with Crippen LogP contribution in [0.25, 0.3) is 0 Å². The lowest BCUT2D eigenvalue weighted by atomic mass is 10.2. The summed E-state index contributed by atoms with van der Waals surface area (Å²) in [5.41, 5.74) is 0. The Morgan fingerprint density at radius 1 is 1.43 bits per heavy atom. The minimum Gasteiger partial charge on any atom is -0.497 e. The van der Waals surface area contributed by atoms with Crippen molar-refractivity contribution in [2.75, 3.05) is 27.4 Å². The fourth-order valence-corrected chi connectivity index (χ4v) is 5.04. The lowest BCUT2D eigenvalue weighted by molar-refractivity contribution is -0.145. The van der Waals surface area contributed by atoms with Crippen LogP contribution in [0.1, 0.15) is 12.8 Å². The van der Waals surface area contributed by atoms with Crippen LogP contribution in [-0.2, 0) is 18.6 Å². The maximum atomic E-state index is 13.5. The molecule has 0 saturated carbocycles. The first kappa shape index (κ1) is 17.7. The number of rotatable bonds is 6. The van der Waals surface area contributed by atoms with E-state index in [2.05, 4.69) is 6.58 Å². The van der Waals surface area contributed by atoms with Gasteiger partial charge in [-0.1, -0.05) is 6.08 Å². The summed E-state index contributed by atoms with van der Waals surface area (Å²) < 4.78 is 30.8. The lowest BCUT2D eigenvalue weighted by Gasteiger charge is -2.38. The first-order valence-electron chi connectivity index (χ1n) is 7.42. The van der Waals surface area contributed by atoms with Crippen molar-refractivity contribution in [1.82, 2.24) is 4.67 Å². The molecular weight excluding hydrogens is 317 g/mol. The predicted octanol–water partition coefficient (Wildman–Crippen LogP) is 2.35. The molecule has 126 valence electrons. The van der Waals surface area contributed by atoms with Gasteiger partial charge < -0.3 is 14.0 Å². The molecule has 0 amide bonds. The molecule has 2 unspecified atom stereocenters. The van der Waals surface area contributed by atoms with Gasteiger partial charge in [0.1, 0.15) is 11.8 Å². The van der Waals surface area contributed by atoms with E-state index < -0.39 is 19.5 Å². The summed E-state index contributed by atoms with van der Waals surface area (Å²) in [6, 6.07) is 6.20. The first-order valence-corrected chi connectivity index (χ1v) is 8.99. The average molecular weight is 339 g/mol. The van der Waals surface area contributed by atoms with E-state index in [1.807, 2.05) is 0 Å². The number of nitrogens with zero attached hydrogens (tertiary/aromatic N) is 1. The summed E-state index contributed by atoms with van der Waals surface area (Å²) >= 11 is 0. The molecule has 0 bridgehead atoms. The third-order valence-corrected chi connectivity index (χ3v) is 6.40. The van der Waals surface area contributed by atoms with Gasteiger partial charge in [0.05, 0.1) is 26.1 Å².